The Morgan fingerprint density at radius 2 is 1.88 bits per heavy atom. The van der Waals surface area contributed by atoms with Crippen molar-refractivity contribution < 1.29 is 14.7 Å². The van der Waals surface area contributed by atoms with E-state index in [1.165, 1.54) is 12.8 Å². The topological polar surface area (TPSA) is 72.9 Å². The van der Waals surface area contributed by atoms with Gasteiger partial charge in [0.25, 0.3) is 0 Å². The molecule has 1 aromatic carbocycles. The van der Waals surface area contributed by atoms with Gasteiger partial charge in [-0.1, -0.05) is 30.3 Å². The molecule has 0 radical (unpaired) electrons. The van der Waals surface area contributed by atoms with Gasteiger partial charge in [-0.2, -0.15) is 0 Å². The second kappa shape index (κ2) is 7.87. The molecule has 0 spiro atoms. The largest absolute Gasteiger partial charge is 0.480 e. The number of amides is 2. The van der Waals surface area contributed by atoms with E-state index in [2.05, 4.69) is 10.2 Å². The van der Waals surface area contributed by atoms with Gasteiger partial charge in [0.2, 0.25) is 0 Å². The lowest BCUT2D eigenvalue weighted by atomic mass is 9.85. The number of hydrogen-bond donors (Lipinski definition) is 2. The summed E-state index contributed by atoms with van der Waals surface area (Å²) in [7, 11) is 1.79. The van der Waals surface area contributed by atoms with E-state index in [0.29, 0.717) is 12.5 Å². The first kappa shape index (κ1) is 17.7. The van der Waals surface area contributed by atoms with Gasteiger partial charge < -0.3 is 15.3 Å². The minimum absolute atomic E-state index is 0.0701. The Bertz CT molecular complexity index is 597. The zero-order valence-electron chi connectivity index (χ0n) is 14.7. The van der Waals surface area contributed by atoms with Crippen LogP contribution in [0.3, 0.4) is 0 Å². The van der Waals surface area contributed by atoms with Gasteiger partial charge in [-0.15, -0.1) is 0 Å². The molecule has 2 fully saturated rings. The summed E-state index contributed by atoms with van der Waals surface area (Å²) < 4.78 is 0. The number of urea groups is 1. The maximum atomic E-state index is 12.3. The molecule has 6 nitrogen and oxygen atoms in total. The van der Waals surface area contributed by atoms with E-state index in [1.807, 2.05) is 30.3 Å². The van der Waals surface area contributed by atoms with Gasteiger partial charge in [0.1, 0.15) is 0 Å². The number of carboxylic acids is 1. The lowest BCUT2D eigenvalue weighted by molar-refractivity contribution is -0.139. The van der Waals surface area contributed by atoms with Crippen molar-refractivity contribution in [1.82, 2.24) is 15.1 Å². The van der Waals surface area contributed by atoms with Crippen LogP contribution in [0, 0.1) is 5.92 Å². The fourth-order valence-corrected chi connectivity index (χ4v) is 3.37. The van der Waals surface area contributed by atoms with Gasteiger partial charge >= 0.3 is 12.0 Å². The summed E-state index contributed by atoms with van der Waals surface area (Å²) in [5.74, 6) is -0.0965. The van der Waals surface area contributed by atoms with Crippen molar-refractivity contribution >= 4 is 12.0 Å². The van der Waals surface area contributed by atoms with Crippen molar-refractivity contribution in [2.75, 3.05) is 20.1 Å². The predicted octanol–water partition coefficient (Wildman–Crippen LogP) is 2.16. The van der Waals surface area contributed by atoms with Crippen LogP contribution in [0.2, 0.25) is 0 Å². The monoisotopic (exact) mass is 345 g/mol. The van der Waals surface area contributed by atoms with Crippen molar-refractivity contribution in [3.63, 3.8) is 0 Å². The molecule has 6 heteroatoms. The standard InChI is InChI=1S/C19H27N3O3/c1-21(11-14-5-3-2-4-6-14)19(25)20-16-9-17(10-16)22(13-18(23)24)12-15-7-8-15/h2-6,15-17H,7-13H2,1H3,(H,20,25)(H,23,24). The second-order valence-corrected chi connectivity index (χ2v) is 7.38. The fourth-order valence-electron chi connectivity index (χ4n) is 3.37. The van der Waals surface area contributed by atoms with Crippen LogP contribution in [0.25, 0.3) is 0 Å². The summed E-state index contributed by atoms with van der Waals surface area (Å²) in [6.45, 7) is 1.57. The molecule has 2 N–H and O–H groups in total. The number of nitrogens with zero attached hydrogens (tertiary/aromatic N) is 2. The van der Waals surface area contributed by atoms with Crippen molar-refractivity contribution in [2.24, 2.45) is 5.92 Å². The molecule has 2 aliphatic carbocycles. The predicted molar refractivity (Wildman–Crippen MR) is 95.2 cm³/mol. The molecule has 0 bridgehead atoms. The molecule has 2 saturated carbocycles. The summed E-state index contributed by atoms with van der Waals surface area (Å²) in [5, 5.41) is 12.1. The molecule has 2 amide bonds. The first-order valence-corrected chi connectivity index (χ1v) is 9.02. The van der Waals surface area contributed by atoms with Crippen molar-refractivity contribution in [3.05, 3.63) is 35.9 Å². The van der Waals surface area contributed by atoms with E-state index < -0.39 is 5.97 Å². The number of hydrogen-bond acceptors (Lipinski definition) is 3. The minimum atomic E-state index is -0.768. The Hall–Kier alpha value is -2.08. The van der Waals surface area contributed by atoms with Gasteiger partial charge in [-0.3, -0.25) is 9.69 Å². The second-order valence-electron chi connectivity index (χ2n) is 7.38. The maximum absolute atomic E-state index is 12.3. The maximum Gasteiger partial charge on any atom is 0.317 e. The number of carbonyl (C=O) groups is 2. The summed E-state index contributed by atoms with van der Waals surface area (Å²) in [6.07, 6.45) is 4.11. The fraction of sp³-hybridized carbons (Fsp3) is 0.579. The van der Waals surface area contributed by atoms with Crippen LogP contribution >= 0.6 is 0 Å². The molecule has 136 valence electrons. The van der Waals surface area contributed by atoms with Gasteiger partial charge in [0.05, 0.1) is 6.54 Å². The molecular weight excluding hydrogens is 318 g/mol. The molecule has 2 aliphatic rings. The molecule has 0 aromatic heterocycles. The Morgan fingerprint density at radius 1 is 1.20 bits per heavy atom. The van der Waals surface area contributed by atoms with Crippen LogP contribution < -0.4 is 5.32 Å². The normalized spacial score (nSPS) is 22.3. The van der Waals surface area contributed by atoms with Crippen LogP contribution in [0.15, 0.2) is 30.3 Å². The van der Waals surface area contributed by atoms with Crippen molar-refractivity contribution in [2.45, 2.75) is 44.3 Å². The van der Waals surface area contributed by atoms with Gasteiger partial charge in [0, 0.05) is 32.2 Å². The zero-order valence-corrected chi connectivity index (χ0v) is 14.7. The number of rotatable bonds is 8. The highest BCUT2D eigenvalue weighted by Crippen LogP contribution is 2.33. The molecule has 3 rings (SSSR count). The number of carbonyl (C=O) groups excluding carboxylic acids is 1. The number of benzene rings is 1. The molecule has 0 saturated heterocycles. The van der Waals surface area contributed by atoms with E-state index in [1.54, 1.807) is 11.9 Å². The lowest BCUT2D eigenvalue weighted by Gasteiger charge is -2.43. The van der Waals surface area contributed by atoms with Gasteiger partial charge in [-0.05, 0) is 37.2 Å². The molecule has 0 aliphatic heterocycles. The van der Waals surface area contributed by atoms with E-state index in [4.69, 9.17) is 5.11 Å². The summed E-state index contributed by atoms with van der Waals surface area (Å²) in [5.41, 5.74) is 1.10. The summed E-state index contributed by atoms with van der Waals surface area (Å²) >= 11 is 0. The highest BCUT2D eigenvalue weighted by Gasteiger charge is 2.38. The minimum Gasteiger partial charge on any atom is -0.480 e. The molecule has 25 heavy (non-hydrogen) atoms. The summed E-state index contributed by atoms with van der Waals surface area (Å²) in [6, 6.07) is 10.3. The number of nitrogens with one attached hydrogen (secondary N) is 1. The van der Waals surface area contributed by atoms with Crippen LogP contribution in [0.4, 0.5) is 4.79 Å². The Morgan fingerprint density at radius 3 is 2.48 bits per heavy atom. The van der Waals surface area contributed by atoms with Gasteiger partial charge in [-0.25, -0.2) is 4.79 Å². The van der Waals surface area contributed by atoms with E-state index >= 15 is 0 Å². The first-order valence-electron chi connectivity index (χ1n) is 9.02. The number of carboxylic acid groups (broad SMARTS) is 1. The smallest absolute Gasteiger partial charge is 0.317 e. The quantitative estimate of drug-likeness (QED) is 0.757. The third-order valence-corrected chi connectivity index (χ3v) is 5.09. The van der Waals surface area contributed by atoms with Gasteiger partial charge in [0.15, 0.2) is 0 Å². The molecule has 0 heterocycles. The Kier molecular flexibility index (Phi) is 5.58. The zero-order chi connectivity index (χ0) is 17.8. The average molecular weight is 345 g/mol. The highest BCUT2D eigenvalue weighted by molar-refractivity contribution is 5.74. The third-order valence-electron chi connectivity index (χ3n) is 5.09. The Balaban J connectivity index is 1.42. The highest BCUT2D eigenvalue weighted by atomic mass is 16.4. The first-order chi connectivity index (χ1) is 12.0. The Labute approximate surface area is 148 Å². The van der Waals surface area contributed by atoms with Crippen molar-refractivity contribution in [1.29, 1.82) is 0 Å². The molecule has 0 atom stereocenters. The molecule has 0 unspecified atom stereocenters. The van der Waals surface area contributed by atoms with Crippen LogP contribution in [0.5, 0.6) is 0 Å². The van der Waals surface area contributed by atoms with E-state index in [-0.39, 0.29) is 24.7 Å². The van der Waals surface area contributed by atoms with Crippen molar-refractivity contribution in [3.8, 4) is 0 Å². The van der Waals surface area contributed by atoms with Crippen LogP contribution in [0.1, 0.15) is 31.2 Å². The third kappa shape index (κ3) is 5.19. The molecular formula is C19H27N3O3. The summed E-state index contributed by atoms with van der Waals surface area (Å²) in [4.78, 5) is 27.1. The molecule has 1 aromatic rings. The number of aliphatic carboxylic acids is 1. The van der Waals surface area contributed by atoms with E-state index in [9.17, 15) is 9.59 Å². The van der Waals surface area contributed by atoms with Crippen LogP contribution in [-0.2, 0) is 11.3 Å². The average Bonchev–Trinajstić information content (AvgIpc) is 3.34. The lowest BCUT2D eigenvalue weighted by Crippen LogP contribution is -2.56. The van der Waals surface area contributed by atoms with Crippen LogP contribution in [-0.4, -0.2) is 59.1 Å². The van der Waals surface area contributed by atoms with E-state index in [0.717, 1.165) is 24.9 Å². The SMILES string of the molecule is CN(Cc1ccccc1)C(=O)NC1CC(N(CC(=O)O)CC2CC2)C1.